The first-order valence-electron chi connectivity index (χ1n) is 7.21. The van der Waals surface area contributed by atoms with Gasteiger partial charge in [0.15, 0.2) is 0 Å². The predicted octanol–water partition coefficient (Wildman–Crippen LogP) is 1.99. The summed E-state index contributed by atoms with van der Waals surface area (Å²) in [6.07, 6.45) is 1.09. The van der Waals surface area contributed by atoms with Crippen molar-refractivity contribution in [3.8, 4) is 0 Å². The zero-order chi connectivity index (χ0) is 16.5. The molecule has 1 fully saturated rings. The van der Waals surface area contributed by atoms with Gasteiger partial charge >= 0.3 is 0 Å². The molecule has 1 heterocycles. The molecule has 22 heavy (non-hydrogen) atoms. The number of nitrogens with zero attached hydrogens (tertiary/aromatic N) is 2. The Morgan fingerprint density at radius 2 is 1.86 bits per heavy atom. The van der Waals surface area contributed by atoms with Crippen LogP contribution in [-0.2, 0) is 10.0 Å². The minimum Gasteiger partial charge on any atom is -0.365 e. The van der Waals surface area contributed by atoms with E-state index in [0.29, 0.717) is 17.5 Å². The standard InChI is InChI=1S/C14H21N3O4S/c1-10-6-11(2)9-16(8-10)13-5-4-12(22(20,21)15-3)7-14(13)17(18)19/h4-5,7,10-11,15H,6,8-9H2,1-3H3. The molecule has 1 aromatic rings. The smallest absolute Gasteiger partial charge is 0.293 e. The van der Waals surface area contributed by atoms with Gasteiger partial charge in [0, 0.05) is 19.2 Å². The van der Waals surface area contributed by atoms with Gasteiger partial charge in [0.25, 0.3) is 5.69 Å². The number of nitro benzene ring substituents is 1. The van der Waals surface area contributed by atoms with Gasteiger partial charge < -0.3 is 4.90 Å². The molecule has 1 saturated heterocycles. The zero-order valence-electron chi connectivity index (χ0n) is 12.9. The van der Waals surface area contributed by atoms with E-state index in [0.717, 1.165) is 25.6 Å². The van der Waals surface area contributed by atoms with Crippen molar-refractivity contribution in [1.82, 2.24) is 4.72 Å². The van der Waals surface area contributed by atoms with E-state index < -0.39 is 14.9 Å². The van der Waals surface area contributed by atoms with E-state index in [1.807, 2.05) is 4.90 Å². The van der Waals surface area contributed by atoms with Gasteiger partial charge in [-0.15, -0.1) is 0 Å². The highest BCUT2D eigenvalue weighted by Gasteiger charge is 2.28. The Balaban J connectivity index is 2.46. The number of nitrogens with one attached hydrogen (secondary N) is 1. The third kappa shape index (κ3) is 3.38. The van der Waals surface area contributed by atoms with Crippen LogP contribution in [0.3, 0.4) is 0 Å². The highest BCUT2D eigenvalue weighted by atomic mass is 32.2. The molecular weight excluding hydrogens is 306 g/mol. The van der Waals surface area contributed by atoms with E-state index in [1.165, 1.54) is 19.2 Å². The fraction of sp³-hybridized carbons (Fsp3) is 0.571. The molecule has 2 rings (SSSR count). The average molecular weight is 327 g/mol. The summed E-state index contributed by atoms with van der Waals surface area (Å²) in [5.74, 6) is 0.896. The summed E-state index contributed by atoms with van der Waals surface area (Å²) in [4.78, 5) is 12.7. The summed E-state index contributed by atoms with van der Waals surface area (Å²) in [6.45, 7) is 5.72. The minimum atomic E-state index is -3.70. The zero-order valence-corrected chi connectivity index (χ0v) is 13.8. The average Bonchev–Trinajstić information content (AvgIpc) is 2.45. The summed E-state index contributed by atoms with van der Waals surface area (Å²) in [5.41, 5.74) is 0.316. The lowest BCUT2D eigenvalue weighted by Gasteiger charge is -2.36. The van der Waals surface area contributed by atoms with Crippen molar-refractivity contribution in [1.29, 1.82) is 0 Å². The van der Waals surface area contributed by atoms with E-state index in [4.69, 9.17) is 0 Å². The molecule has 0 spiro atoms. The highest BCUT2D eigenvalue weighted by Crippen LogP contribution is 2.34. The first-order valence-corrected chi connectivity index (χ1v) is 8.70. The van der Waals surface area contributed by atoms with Crippen molar-refractivity contribution in [2.24, 2.45) is 11.8 Å². The van der Waals surface area contributed by atoms with Crippen molar-refractivity contribution in [2.75, 3.05) is 25.0 Å². The van der Waals surface area contributed by atoms with Gasteiger partial charge in [0.2, 0.25) is 10.0 Å². The van der Waals surface area contributed by atoms with Crippen molar-refractivity contribution in [2.45, 2.75) is 25.2 Å². The van der Waals surface area contributed by atoms with Crippen LogP contribution in [0.2, 0.25) is 0 Å². The van der Waals surface area contributed by atoms with Crippen LogP contribution in [0.5, 0.6) is 0 Å². The van der Waals surface area contributed by atoms with Crippen molar-refractivity contribution < 1.29 is 13.3 Å². The Kier molecular flexibility index (Phi) is 4.72. The summed E-state index contributed by atoms with van der Waals surface area (Å²) >= 11 is 0. The maximum atomic E-state index is 11.8. The van der Waals surface area contributed by atoms with Gasteiger partial charge in [-0.25, -0.2) is 13.1 Å². The topological polar surface area (TPSA) is 92.6 Å². The van der Waals surface area contributed by atoms with E-state index in [2.05, 4.69) is 18.6 Å². The third-order valence-corrected chi connectivity index (χ3v) is 5.34. The second-order valence-corrected chi connectivity index (χ2v) is 7.85. The summed E-state index contributed by atoms with van der Waals surface area (Å²) in [5, 5.41) is 11.4. The van der Waals surface area contributed by atoms with Crippen LogP contribution in [0, 0.1) is 22.0 Å². The Hall–Kier alpha value is -1.67. The largest absolute Gasteiger partial charge is 0.365 e. The molecular formula is C14H21N3O4S. The quantitative estimate of drug-likeness (QED) is 0.674. The molecule has 0 aliphatic carbocycles. The molecule has 0 aromatic heterocycles. The SMILES string of the molecule is CNS(=O)(=O)c1ccc(N2CC(C)CC(C)C2)c([N+](=O)[O-])c1. The molecule has 2 atom stereocenters. The van der Waals surface area contributed by atoms with Crippen molar-refractivity contribution >= 4 is 21.4 Å². The molecule has 1 aliphatic heterocycles. The lowest BCUT2D eigenvalue weighted by atomic mass is 9.91. The van der Waals surface area contributed by atoms with Crippen LogP contribution >= 0.6 is 0 Å². The molecule has 0 saturated carbocycles. The van der Waals surface area contributed by atoms with Gasteiger partial charge in [0.1, 0.15) is 5.69 Å². The summed E-state index contributed by atoms with van der Waals surface area (Å²) < 4.78 is 25.8. The van der Waals surface area contributed by atoms with Gasteiger partial charge in [-0.1, -0.05) is 13.8 Å². The monoisotopic (exact) mass is 327 g/mol. The van der Waals surface area contributed by atoms with Crippen LogP contribution < -0.4 is 9.62 Å². The predicted molar refractivity (Wildman–Crippen MR) is 84.5 cm³/mol. The van der Waals surface area contributed by atoms with Gasteiger partial charge in [-0.05, 0) is 37.4 Å². The first kappa shape index (κ1) is 16.7. The fourth-order valence-electron chi connectivity index (χ4n) is 3.06. The van der Waals surface area contributed by atoms with E-state index in [-0.39, 0.29) is 10.6 Å². The Morgan fingerprint density at radius 3 is 2.36 bits per heavy atom. The summed E-state index contributed by atoms with van der Waals surface area (Å²) in [6, 6.07) is 4.08. The number of anilines is 1. The second-order valence-electron chi connectivity index (χ2n) is 5.97. The van der Waals surface area contributed by atoms with Crippen LogP contribution in [0.1, 0.15) is 20.3 Å². The molecule has 1 aliphatic rings. The van der Waals surface area contributed by atoms with Crippen LogP contribution in [0.4, 0.5) is 11.4 Å². The fourth-order valence-corrected chi connectivity index (χ4v) is 3.81. The maximum absolute atomic E-state index is 11.8. The Morgan fingerprint density at radius 1 is 1.27 bits per heavy atom. The maximum Gasteiger partial charge on any atom is 0.293 e. The lowest BCUT2D eigenvalue weighted by Crippen LogP contribution is -2.39. The normalized spacial score (nSPS) is 22.6. The number of nitro groups is 1. The molecule has 7 nitrogen and oxygen atoms in total. The molecule has 2 unspecified atom stereocenters. The minimum absolute atomic E-state index is 0.0939. The number of piperidine rings is 1. The molecule has 1 N–H and O–H groups in total. The highest BCUT2D eigenvalue weighted by molar-refractivity contribution is 7.89. The Labute approximate surface area is 130 Å². The van der Waals surface area contributed by atoms with Crippen LogP contribution in [-0.4, -0.2) is 33.5 Å². The van der Waals surface area contributed by atoms with E-state index >= 15 is 0 Å². The van der Waals surface area contributed by atoms with Gasteiger partial charge in [-0.2, -0.15) is 0 Å². The number of benzene rings is 1. The van der Waals surface area contributed by atoms with Gasteiger partial charge in [-0.3, -0.25) is 10.1 Å². The third-order valence-electron chi connectivity index (χ3n) is 3.93. The second kappa shape index (κ2) is 6.21. The Bertz CT molecular complexity index is 665. The number of hydrogen-bond donors (Lipinski definition) is 1. The summed E-state index contributed by atoms with van der Waals surface area (Å²) in [7, 11) is -2.42. The van der Waals surface area contributed by atoms with Crippen molar-refractivity contribution in [3.63, 3.8) is 0 Å². The number of sulfonamides is 1. The van der Waals surface area contributed by atoms with E-state index in [9.17, 15) is 18.5 Å². The van der Waals surface area contributed by atoms with Crippen LogP contribution in [0.15, 0.2) is 23.1 Å². The van der Waals surface area contributed by atoms with Gasteiger partial charge in [0.05, 0.1) is 9.82 Å². The number of hydrogen-bond acceptors (Lipinski definition) is 5. The number of rotatable bonds is 4. The van der Waals surface area contributed by atoms with E-state index in [1.54, 1.807) is 0 Å². The van der Waals surface area contributed by atoms with Crippen molar-refractivity contribution in [3.05, 3.63) is 28.3 Å². The lowest BCUT2D eigenvalue weighted by molar-refractivity contribution is -0.384. The molecule has 0 radical (unpaired) electrons. The molecule has 0 bridgehead atoms. The first-order chi connectivity index (χ1) is 10.2. The molecule has 0 amide bonds. The van der Waals surface area contributed by atoms with Crippen LogP contribution in [0.25, 0.3) is 0 Å². The molecule has 8 heteroatoms. The molecule has 122 valence electrons. The molecule has 1 aromatic carbocycles.